The van der Waals surface area contributed by atoms with Crippen LogP contribution in [0.15, 0.2) is 0 Å². The molecule has 0 radical (unpaired) electrons. The molecule has 0 aromatic rings. The summed E-state index contributed by atoms with van der Waals surface area (Å²) in [7, 11) is 2.31. The molecule has 2 atom stereocenters. The minimum absolute atomic E-state index is 0.911. The Labute approximate surface area is 110 Å². The molecule has 0 fully saturated rings. The molecule has 0 heterocycles. The van der Waals surface area contributed by atoms with Gasteiger partial charge in [-0.15, -0.1) is 0 Å². The van der Waals surface area contributed by atoms with Crippen molar-refractivity contribution in [3.8, 4) is 0 Å². The van der Waals surface area contributed by atoms with Gasteiger partial charge in [0.05, 0.1) is 0 Å². The van der Waals surface area contributed by atoms with E-state index in [4.69, 9.17) is 0 Å². The summed E-state index contributed by atoms with van der Waals surface area (Å²) < 4.78 is 0. The summed E-state index contributed by atoms with van der Waals surface area (Å²) >= 11 is 0. The summed E-state index contributed by atoms with van der Waals surface area (Å²) in [6.45, 7) is 11.9. The SMILES string of the molecule is CCCCC(CC)CN(C)CC(CC)CCC. The van der Waals surface area contributed by atoms with Crippen LogP contribution < -0.4 is 0 Å². The van der Waals surface area contributed by atoms with Crippen molar-refractivity contribution in [1.29, 1.82) is 0 Å². The first-order valence-corrected chi connectivity index (χ1v) is 7.86. The van der Waals surface area contributed by atoms with Gasteiger partial charge in [-0.25, -0.2) is 0 Å². The van der Waals surface area contributed by atoms with Crippen LogP contribution in [0, 0.1) is 11.8 Å². The molecule has 0 saturated carbocycles. The Morgan fingerprint density at radius 2 is 1.29 bits per heavy atom. The van der Waals surface area contributed by atoms with Gasteiger partial charge in [0.25, 0.3) is 0 Å². The van der Waals surface area contributed by atoms with Crippen LogP contribution in [0.3, 0.4) is 0 Å². The molecule has 104 valence electrons. The second-order valence-corrected chi connectivity index (χ2v) is 5.70. The molecule has 0 spiro atoms. The predicted molar refractivity (Wildman–Crippen MR) is 79.5 cm³/mol. The fourth-order valence-electron chi connectivity index (χ4n) is 2.71. The van der Waals surface area contributed by atoms with Crippen LogP contribution in [-0.2, 0) is 0 Å². The molecule has 0 N–H and O–H groups in total. The standard InChI is InChI=1S/C16H35N/c1-6-10-12-16(9-4)14-17(5)13-15(8-3)11-7-2/h15-16H,6-14H2,1-5H3. The Morgan fingerprint density at radius 3 is 1.71 bits per heavy atom. The van der Waals surface area contributed by atoms with E-state index in [2.05, 4.69) is 39.6 Å². The van der Waals surface area contributed by atoms with Gasteiger partial charge in [-0.2, -0.15) is 0 Å². The zero-order valence-corrected chi connectivity index (χ0v) is 13.0. The maximum Gasteiger partial charge on any atom is 0.000662 e. The Bertz CT molecular complexity index is 156. The van der Waals surface area contributed by atoms with E-state index in [-0.39, 0.29) is 0 Å². The molecule has 0 aliphatic rings. The highest BCUT2D eigenvalue weighted by molar-refractivity contribution is 4.66. The quantitative estimate of drug-likeness (QED) is 0.494. The molecule has 0 aliphatic carbocycles. The first-order valence-electron chi connectivity index (χ1n) is 7.86. The summed E-state index contributed by atoms with van der Waals surface area (Å²) in [5.74, 6) is 1.83. The van der Waals surface area contributed by atoms with Crippen molar-refractivity contribution in [2.75, 3.05) is 20.1 Å². The predicted octanol–water partition coefficient (Wildman–Crippen LogP) is 4.96. The van der Waals surface area contributed by atoms with Gasteiger partial charge in [0.2, 0.25) is 0 Å². The third-order valence-electron chi connectivity index (χ3n) is 3.96. The molecular formula is C16H35N. The smallest absolute Gasteiger partial charge is 0.000662 e. The lowest BCUT2D eigenvalue weighted by atomic mass is 9.97. The number of hydrogen-bond acceptors (Lipinski definition) is 1. The van der Waals surface area contributed by atoms with Gasteiger partial charge in [-0.1, -0.05) is 59.8 Å². The zero-order chi connectivity index (χ0) is 13.1. The average molecular weight is 241 g/mol. The fourth-order valence-corrected chi connectivity index (χ4v) is 2.71. The highest BCUT2D eigenvalue weighted by Gasteiger charge is 2.13. The highest BCUT2D eigenvalue weighted by atomic mass is 15.1. The van der Waals surface area contributed by atoms with Crippen LogP contribution in [0.25, 0.3) is 0 Å². The van der Waals surface area contributed by atoms with Crippen molar-refractivity contribution in [1.82, 2.24) is 4.90 Å². The lowest BCUT2D eigenvalue weighted by molar-refractivity contribution is 0.217. The van der Waals surface area contributed by atoms with E-state index in [1.807, 2.05) is 0 Å². The number of hydrogen-bond donors (Lipinski definition) is 0. The summed E-state index contributed by atoms with van der Waals surface area (Å²) in [6.07, 6.45) is 9.57. The van der Waals surface area contributed by atoms with Crippen LogP contribution in [0.2, 0.25) is 0 Å². The van der Waals surface area contributed by atoms with Gasteiger partial charge in [0.1, 0.15) is 0 Å². The van der Waals surface area contributed by atoms with E-state index in [1.54, 1.807) is 0 Å². The maximum atomic E-state index is 2.58. The number of nitrogens with zero attached hydrogens (tertiary/aromatic N) is 1. The second-order valence-electron chi connectivity index (χ2n) is 5.70. The Morgan fingerprint density at radius 1 is 0.765 bits per heavy atom. The normalized spacial score (nSPS) is 15.2. The van der Waals surface area contributed by atoms with Crippen molar-refractivity contribution in [2.45, 2.75) is 72.6 Å². The van der Waals surface area contributed by atoms with Crippen LogP contribution in [0.4, 0.5) is 0 Å². The largest absolute Gasteiger partial charge is 0.306 e. The Hall–Kier alpha value is -0.0400. The first-order chi connectivity index (χ1) is 8.17. The number of rotatable bonds is 11. The zero-order valence-electron chi connectivity index (χ0n) is 13.0. The van der Waals surface area contributed by atoms with Gasteiger partial charge in [0.15, 0.2) is 0 Å². The maximum absolute atomic E-state index is 2.58. The van der Waals surface area contributed by atoms with E-state index in [9.17, 15) is 0 Å². The molecule has 1 heteroatoms. The molecular weight excluding hydrogens is 206 g/mol. The van der Waals surface area contributed by atoms with Crippen LogP contribution in [0.1, 0.15) is 72.6 Å². The Balaban J connectivity index is 3.90. The van der Waals surface area contributed by atoms with E-state index < -0.39 is 0 Å². The Kier molecular flexibility index (Phi) is 11.0. The van der Waals surface area contributed by atoms with Crippen molar-refractivity contribution in [3.63, 3.8) is 0 Å². The minimum atomic E-state index is 0.911. The van der Waals surface area contributed by atoms with Crippen LogP contribution in [-0.4, -0.2) is 25.0 Å². The van der Waals surface area contributed by atoms with Gasteiger partial charge in [-0.3, -0.25) is 0 Å². The van der Waals surface area contributed by atoms with Crippen molar-refractivity contribution >= 4 is 0 Å². The van der Waals surface area contributed by atoms with Crippen LogP contribution >= 0.6 is 0 Å². The topological polar surface area (TPSA) is 3.24 Å². The summed E-state index contributed by atoms with van der Waals surface area (Å²) in [5.41, 5.74) is 0. The highest BCUT2D eigenvalue weighted by Crippen LogP contribution is 2.16. The lowest BCUT2D eigenvalue weighted by Crippen LogP contribution is -2.30. The van der Waals surface area contributed by atoms with Gasteiger partial charge in [0, 0.05) is 13.1 Å². The summed E-state index contributed by atoms with van der Waals surface area (Å²) in [4.78, 5) is 2.58. The van der Waals surface area contributed by atoms with Gasteiger partial charge >= 0.3 is 0 Å². The van der Waals surface area contributed by atoms with Gasteiger partial charge < -0.3 is 4.90 Å². The van der Waals surface area contributed by atoms with Gasteiger partial charge in [-0.05, 0) is 31.7 Å². The molecule has 1 nitrogen and oxygen atoms in total. The second kappa shape index (κ2) is 11.1. The van der Waals surface area contributed by atoms with E-state index in [0.717, 1.165) is 11.8 Å². The average Bonchev–Trinajstić information content (AvgIpc) is 2.33. The molecule has 2 unspecified atom stereocenters. The molecule has 0 aromatic heterocycles. The molecule has 0 saturated heterocycles. The van der Waals surface area contributed by atoms with Crippen molar-refractivity contribution < 1.29 is 0 Å². The monoisotopic (exact) mass is 241 g/mol. The first kappa shape index (κ1) is 17.0. The molecule has 0 bridgehead atoms. The molecule has 17 heavy (non-hydrogen) atoms. The van der Waals surface area contributed by atoms with E-state index in [1.165, 1.54) is 58.0 Å². The third-order valence-corrected chi connectivity index (χ3v) is 3.96. The molecule has 0 rings (SSSR count). The lowest BCUT2D eigenvalue weighted by Gasteiger charge is -2.27. The molecule has 0 amide bonds. The molecule has 0 aliphatic heterocycles. The van der Waals surface area contributed by atoms with Crippen molar-refractivity contribution in [3.05, 3.63) is 0 Å². The van der Waals surface area contributed by atoms with E-state index >= 15 is 0 Å². The third kappa shape index (κ3) is 8.65. The minimum Gasteiger partial charge on any atom is -0.306 e. The van der Waals surface area contributed by atoms with E-state index in [0.29, 0.717) is 0 Å². The fraction of sp³-hybridized carbons (Fsp3) is 1.00. The molecule has 0 aromatic carbocycles. The van der Waals surface area contributed by atoms with Crippen molar-refractivity contribution in [2.24, 2.45) is 11.8 Å². The summed E-state index contributed by atoms with van der Waals surface area (Å²) in [6, 6.07) is 0. The summed E-state index contributed by atoms with van der Waals surface area (Å²) in [5, 5.41) is 0. The van der Waals surface area contributed by atoms with Crippen LogP contribution in [0.5, 0.6) is 0 Å². The number of unbranched alkanes of at least 4 members (excludes halogenated alkanes) is 1.